The zero-order valence-electron chi connectivity index (χ0n) is 13.7. The van der Waals surface area contributed by atoms with E-state index in [0.717, 1.165) is 11.3 Å². The lowest BCUT2D eigenvalue weighted by atomic mass is 10.1. The number of anilines is 1. The van der Waals surface area contributed by atoms with Crippen molar-refractivity contribution in [3.05, 3.63) is 65.1 Å². The third-order valence-electron chi connectivity index (χ3n) is 3.84. The molecule has 3 aromatic rings. The van der Waals surface area contributed by atoms with E-state index in [1.54, 1.807) is 24.4 Å². The van der Waals surface area contributed by atoms with E-state index < -0.39 is 5.97 Å². The second-order valence-electron chi connectivity index (χ2n) is 5.50. The first-order valence-corrected chi connectivity index (χ1v) is 7.44. The maximum absolute atomic E-state index is 12.5. The molecule has 3 rings (SSSR count). The third kappa shape index (κ3) is 2.86. The first-order chi connectivity index (χ1) is 11.5. The number of rotatable bonds is 3. The van der Waals surface area contributed by atoms with E-state index in [1.165, 1.54) is 7.11 Å². The molecule has 0 aliphatic rings. The summed E-state index contributed by atoms with van der Waals surface area (Å²) in [5, 5.41) is 2.80. The molecule has 0 fully saturated rings. The van der Waals surface area contributed by atoms with Crippen LogP contribution in [0.2, 0.25) is 0 Å². The smallest absolute Gasteiger partial charge is 0.337 e. The van der Waals surface area contributed by atoms with Crippen LogP contribution < -0.4 is 5.32 Å². The Morgan fingerprint density at radius 3 is 2.67 bits per heavy atom. The summed E-state index contributed by atoms with van der Waals surface area (Å²) in [7, 11) is 1.32. The summed E-state index contributed by atoms with van der Waals surface area (Å²) in [4.78, 5) is 28.5. The van der Waals surface area contributed by atoms with Crippen LogP contribution >= 0.6 is 0 Å². The van der Waals surface area contributed by atoms with Gasteiger partial charge < -0.3 is 14.5 Å². The third-order valence-corrected chi connectivity index (χ3v) is 3.84. The molecule has 2 heterocycles. The Morgan fingerprint density at radius 2 is 1.96 bits per heavy atom. The number of ether oxygens (including phenoxy) is 1. The molecule has 2 aromatic heterocycles. The van der Waals surface area contributed by atoms with Gasteiger partial charge in [0.05, 0.1) is 12.7 Å². The molecule has 0 aliphatic heterocycles. The summed E-state index contributed by atoms with van der Waals surface area (Å²) in [5.41, 5.74) is 3.78. The number of nitrogens with zero attached hydrogens (tertiary/aromatic N) is 2. The van der Waals surface area contributed by atoms with Gasteiger partial charge in [-0.1, -0.05) is 12.1 Å². The maximum Gasteiger partial charge on any atom is 0.337 e. The Balaban J connectivity index is 1.91. The maximum atomic E-state index is 12.5. The van der Waals surface area contributed by atoms with Crippen molar-refractivity contribution in [1.82, 2.24) is 9.38 Å². The van der Waals surface area contributed by atoms with Crippen molar-refractivity contribution < 1.29 is 14.3 Å². The molecule has 1 aromatic carbocycles. The first kappa shape index (κ1) is 15.7. The molecule has 122 valence electrons. The van der Waals surface area contributed by atoms with E-state index in [0.29, 0.717) is 22.6 Å². The number of hydrogen-bond acceptors (Lipinski definition) is 4. The van der Waals surface area contributed by atoms with Crippen molar-refractivity contribution in [1.29, 1.82) is 0 Å². The van der Waals surface area contributed by atoms with Crippen molar-refractivity contribution >= 4 is 23.2 Å². The second-order valence-corrected chi connectivity index (χ2v) is 5.50. The fraction of sp³-hybridized carbons (Fsp3) is 0.167. The van der Waals surface area contributed by atoms with Crippen LogP contribution in [-0.4, -0.2) is 28.4 Å². The Kier molecular flexibility index (Phi) is 4.04. The average Bonchev–Trinajstić information content (AvgIpc) is 3.02. The molecule has 0 saturated carbocycles. The number of benzene rings is 1. The number of methoxy groups -OCH3 is 1. The number of aryl methyl sites for hydroxylation is 2. The molecule has 0 unspecified atom stereocenters. The van der Waals surface area contributed by atoms with Gasteiger partial charge in [-0.2, -0.15) is 0 Å². The molecule has 0 saturated heterocycles. The SMILES string of the molecule is COC(=O)c1ccc(C)c(NC(=O)c2cn3c(C)cccc3n2)c1. The molecule has 0 atom stereocenters. The van der Waals surface area contributed by atoms with E-state index in [4.69, 9.17) is 4.74 Å². The van der Waals surface area contributed by atoms with Crippen LogP contribution in [0.25, 0.3) is 5.65 Å². The van der Waals surface area contributed by atoms with Gasteiger partial charge in [0.1, 0.15) is 11.3 Å². The molecule has 0 aliphatic carbocycles. The topological polar surface area (TPSA) is 72.7 Å². The van der Waals surface area contributed by atoms with E-state index in [1.807, 2.05) is 36.4 Å². The number of fused-ring (bicyclic) bond motifs is 1. The number of carbonyl (C=O) groups excluding carboxylic acids is 2. The molecule has 1 N–H and O–H groups in total. The number of pyridine rings is 1. The predicted octanol–water partition coefficient (Wildman–Crippen LogP) is 2.99. The predicted molar refractivity (Wildman–Crippen MR) is 90.4 cm³/mol. The Hall–Kier alpha value is -3.15. The minimum absolute atomic E-state index is 0.312. The molecule has 1 amide bonds. The van der Waals surface area contributed by atoms with E-state index in [-0.39, 0.29) is 5.91 Å². The van der Waals surface area contributed by atoms with E-state index >= 15 is 0 Å². The van der Waals surface area contributed by atoms with Gasteiger partial charge in [-0.3, -0.25) is 4.79 Å². The number of hydrogen-bond donors (Lipinski definition) is 1. The summed E-state index contributed by atoms with van der Waals surface area (Å²) in [6.07, 6.45) is 1.69. The highest BCUT2D eigenvalue weighted by Gasteiger charge is 2.14. The molecule has 0 bridgehead atoms. The quantitative estimate of drug-likeness (QED) is 0.752. The number of aromatic nitrogens is 2. The van der Waals surface area contributed by atoms with Crippen molar-refractivity contribution in [2.45, 2.75) is 13.8 Å². The number of nitrogens with one attached hydrogen (secondary N) is 1. The fourth-order valence-corrected chi connectivity index (χ4v) is 2.45. The molecular weight excluding hydrogens is 306 g/mol. The standard InChI is InChI=1S/C18H17N3O3/c1-11-7-8-13(18(23)24-3)9-14(11)20-17(22)15-10-21-12(2)5-4-6-16(21)19-15/h4-10H,1-3H3,(H,20,22). The van der Waals surface area contributed by atoms with Gasteiger partial charge in [-0.15, -0.1) is 0 Å². The number of imidazole rings is 1. The molecule has 6 nitrogen and oxygen atoms in total. The lowest BCUT2D eigenvalue weighted by Gasteiger charge is -2.09. The van der Waals surface area contributed by atoms with Gasteiger partial charge >= 0.3 is 5.97 Å². The Morgan fingerprint density at radius 1 is 1.17 bits per heavy atom. The van der Waals surface area contributed by atoms with E-state index in [2.05, 4.69) is 10.3 Å². The van der Waals surface area contributed by atoms with Gasteiger partial charge in [-0.25, -0.2) is 9.78 Å². The van der Waals surface area contributed by atoms with Crippen LogP contribution in [-0.2, 0) is 4.74 Å². The fourth-order valence-electron chi connectivity index (χ4n) is 2.45. The summed E-state index contributed by atoms with van der Waals surface area (Å²) in [5.74, 6) is -0.780. The van der Waals surface area contributed by atoms with Crippen molar-refractivity contribution in [2.24, 2.45) is 0 Å². The van der Waals surface area contributed by atoms with Crippen molar-refractivity contribution in [3.8, 4) is 0 Å². The lowest BCUT2D eigenvalue weighted by Crippen LogP contribution is -2.14. The largest absolute Gasteiger partial charge is 0.465 e. The lowest BCUT2D eigenvalue weighted by molar-refractivity contribution is 0.0600. The van der Waals surface area contributed by atoms with Crippen LogP contribution in [0, 0.1) is 13.8 Å². The van der Waals surface area contributed by atoms with Gasteiger partial charge in [0.15, 0.2) is 0 Å². The summed E-state index contributed by atoms with van der Waals surface area (Å²) >= 11 is 0. The highest BCUT2D eigenvalue weighted by atomic mass is 16.5. The minimum Gasteiger partial charge on any atom is -0.465 e. The monoisotopic (exact) mass is 323 g/mol. The van der Waals surface area contributed by atoms with Crippen LogP contribution in [0.3, 0.4) is 0 Å². The van der Waals surface area contributed by atoms with Crippen LogP contribution in [0.15, 0.2) is 42.6 Å². The summed E-state index contributed by atoms with van der Waals surface area (Å²) in [6, 6.07) is 10.7. The second kappa shape index (κ2) is 6.16. The molecular formula is C18H17N3O3. The van der Waals surface area contributed by atoms with Crippen molar-refractivity contribution in [3.63, 3.8) is 0 Å². The average molecular weight is 323 g/mol. The van der Waals surface area contributed by atoms with Gasteiger partial charge in [0.2, 0.25) is 0 Å². The van der Waals surface area contributed by atoms with E-state index in [9.17, 15) is 9.59 Å². The van der Waals surface area contributed by atoms with Crippen molar-refractivity contribution in [2.75, 3.05) is 12.4 Å². The molecule has 6 heteroatoms. The van der Waals surface area contributed by atoms with Gasteiger partial charge in [-0.05, 0) is 43.7 Å². The zero-order valence-corrected chi connectivity index (χ0v) is 13.7. The number of esters is 1. The van der Waals surface area contributed by atoms with Crippen LogP contribution in [0.4, 0.5) is 5.69 Å². The zero-order chi connectivity index (χ0) is 17.3. The minimum atomic E-state index is -0.450. The molecule has 0 spiro atoms. The summed E-state index contributed by atoms with van der Waals surface area (Å²) in [6.45, 7) is 3.80. The number of amides is 1. The van der Waals surface area contributed by atoms with Crippen LogP contribution in [0.5, 0.6) is 0 Å². The van der Waals surface area contributed by atoms with Gasteiger partial charge in [0.25, 0.3) is 5.91 Å². The summed E-state index contributed by atoms with van der Waals surface area (Å²) < 4.78 is 6.56. The highest BCUT2D eigenvalue weighted by Crippen LogP contribution is 2.19. The number of carbonyl (C=O) groups is 2. The van der Waals surface area contributed by atoms with Crippen LogP contribution in [0.1, 0.15) is 32.1 Å². The normalized spacial score (nSPS) is 10.6. The first-order valence-electron chi connectivity index (χ1n) is 7.44. The molecule has 0 radical (unpaired) electrons. The highest BCUT2D eigenvalue weighted by molar-refractivity contribution is 6.04. The Bertz CT molecular complexity index is 944. The van der Waals surface area contributed by atoms with Gasteiger partial charge in [0, 0.05) is 17.6 Å². The molecule has 24 heavy (non-hydrogen) atoms. The Labute approximate surface area is 139 Å².